The Hall–Kier alpha value is -1.20. The summed E-state index contributed by atoms with van der Waals surface area (Å²) in [5.41, 5.74) is 1.32. The van der Waals surface area contributed by atoms with Gasteiger partial charge in [0.15, 0.2) is 13.7 Å². The van der Waals surface area contributed by atoms with Gasteiger partial charge in [-0.05, 0) is 32.0 Å². The van der Waals surface area contributed by atoms with E-state index in [0.29, 0.717) is 29.1 Å². The number of hydrogen-bond acceptors (Lipinski definition) is 4. The highest BCUT2D eigenvalue weighted by atomic mass is 28.4. The maximum atomic E-state index is 12.6. The Morgan fingerprint density at radius 3 is 2.12 bits per heavy atom. The Morgan fingerprint density at radius 1 is 1.15 bits per heavy atom. The van der Waals surface area contributed by atoms with Gasteiger partial charge in [-0.2, -0.15) is 0 Å². The lowest BCUT2D eigenvalue weighted by Gasteiger charge is -2.42. The predicted molar refractivity (Wildman–Crippen MR) is 110 cm³/mol. The van der Waals surface area contributed by atoms with Crippen molar-refractivity contribution >= 4 is 14.6 Å². The zero-order chi connectivity index (χ0) is 20.4. The minimum Gasteiger partial charge on any atom is -0.465 e. The van der Waals surface area contributed by atoms with Gasteiger partial charge in [0.25, 0.3) is 0 Å². The largest absolute Gasteiger partial charge is 0.465 e. The SMILES string of the molecule is CCc1oc([C@@H](C)[C@@H](O[Si](C)(C)C(C)(C)C)[C@H](C)C=O)c(C)c(=O)c1C. The second-order valence-corrected chi connectivity index (χ2v) is 13.7. The molecule has 0 unspecified atom stereocenters. The summed E-state index contributed by atoms with van der Waals surface area (Å²) in [5.74, 6) is 0.903. The van der Waals surface area contributed by atoms with E-state index >= 15 is 0 Å². The number of hydrogen-bond donors (Lipinski definition) is 0. The standard InChI is InChI=1S/C21H36O4Si/c1-11-17-14(3)18(23)15(4)20(24-17)16(5)19(13(2)12-22)25-26(9,10)21(6,7)8/h12-13,16,19H,11H2,1-10H3/t13-,16+,19+/m1/s1. The lowest BCUT2D eigenvalue weighted by molar-refractivity contribution is -0.113. The van der Waals surface area contributed by atoms with Crippen LogP contribution in [0.3, 0.4) is 0 Å². The maximum Gasteiger partial charge on any atom is 0.192 e. The van der Waals surface area contributed by atoms with E-state index in [2.05, 4.69) is 33.9 Å². The molecular weight excluding hydrogens is 344 g/mol. The Labute approximate surface area is 159 Å². The summed E-state index contributed by atoms with van der Waals surface area (Å²) in [6.45, 7) is 20.4. The van der Waals surface area contributed by atoms with Crippen LogP contribution >= 0.6 is 0 Å². The van der Waals surface area contributed by atoms with E-state index < -0.39 is 8.32 Å². The van der Waals surface area contributed by atoms with Crippen molar-refractivity contribution in [2.24, 2.45) is 5.92 Å². The Morgan fingerprint density at radius 2 is 1.69 bits per heavy atom. The summed E-state index contributed by atoms with van der Waals surface area (Å²) < 4.78 is 12.7. The minimum atomic E-state index is -2.09. The van der Waals surface area contributed by atoms with Crippen LogP contribution in [0.1, 0.15) is 70.1 Å². The number of aryl methyl sites for hydroxylation is 1. The van der Waals surface area contributed by atoms with E-state index in [-0.39, 0.29) is 28.4 Å². The van der Waals surface area contributed by atoms with Crippen molar-refractivity contribution in [3.05, 3.63) is 32.9 Å². The molecular formula is C21H36O4Si. The van der Waals surface area contributed by atoms with E-state index in [9.17, 15) is 9.59 Å². The summed E-state index contributed by atoms with van der Waals surface area (Å²) in [5, 5.41) is 0.0330. The van der Waals surface area contributed by atoms with Crippen LogP contribution in [0.25, 0.3) is 0 Å². The maximum absolute atomic E-state index is 12.6. The first kappa shape index (κ1) is 22.8. The van der Waals surface area contributed by atoms with Crippen LogP contribution in [-0.4, -0.2) is 20.7 Å². The fourth-order valence-corrected chi connectivity index (χ4v) is 4.44. The quantitative estimate of drug-likeness (QED) is 0.485. The third-order valence-corrected chi connectivity index (χ3v) is 10.4. The summed E-state index contributed by atoms with van der Waals surface area (Å²) >= 11 is 0. The summed E-state index contributed by atoms with van der Waals surface area (Å²) in [4.78, 5) is 24.2. The molecule has 1 heterocycles. The van der Waals surface area contributed by atoms with Gasteiger partial charge in [-0.1, -0.05) is 41.5 Å². The molecule has 3 atom stereocenters. The minimum absolute atomic E-state index is 0.0276. The monoisotopic (exact) mass is 380 g/mol. The van der Waals surface area contributed by atoms with Gasteiger partial charge in [0.05, 0.1) is 6.10 Å². The van der Waals surface area contributed by atoms with Crippen LogP contribution in [0, 0.1) is 19.8 Å². The summed E-state index contributed by atoms with van der Waals surface area (Å²) in [6.07, 6.45) is 1.29. The molecule has 0 aromatic carbocycles. The van der Waals surface area contributed by atoms with Gasteiger partial charge in [-0.3, -0.25) is 4.79 Å². The van der Waals surface area contributed by atoms with Crippen LogP contribution < -0.4 is 5.43 Å². The smallest absolute Gasteiger partial charge is 0.192 e. The molecule has 5 heteroatoms. The molecule has 0 saturated heterocycles. The van der Waals surface area contributed by atoms with Gasteiger partial charge in [0.1, 0.15) is 17.8 Å². The first-order chi connectivity index (χ1) is 11.8. The first-order valence-corrected chi connectivity index (χ1v) is 12.5. The molecule has 148 valence electrons. The molecule has 0 aliphatic carbocycles. The molecule has 1 aromatic rings. The molecule has 26 heavy (non-hydrogen) atoms. The van der Waals surface area contributed by atoms with Crippen molar-refractivity contribution < 1.29 is 13.6 Å². The van der Waals surface area contributed by atoms with Gasteiger partial charge < -0.3 is 13.6 Å². The van der Waals surface area contributed by atoms with Crippen molar-refractivity contribution in [2.45, 2.75) is 92.0 Å². The normalized spacial score (nSPS) is 16.2. The molecule has 0 amide bonds. The highest BCUT2D eigenvalue weighted by molar-refractivity contribution is 6.74. The third-order valence-electron chi connectivity index (χ3n) is 5.90. The van der Waals surface area contributed by atoms with Crippen LogP contribution in [0.15, 0.2) is 9.21 Å². The van der Waals surface area contributed by atoms with Crippen molar-refractivity contribution in [1.82, 2.24) is 0 Å². The summed E-state index contributed by atoms with van der Waals surface area (Å²) in [7, 11) is -2.09. The zero-order valence-corrected chi connectivity index (χ0v) is 19.1. The lowest BCUT2D eigenvalue weighted by Crippen LogP contribution is -2.47. The molecule has 0 fully saturated rings. The number of carbonyl (C=O) groups is 1. The molecule has 1 aromatic heterocycles. The van der Waals surface area contributed by atoms with Crippen molar-refractivity contribution in [2.75, 3.05) is 0 Å². The van der Waals surface area contributed by atoms with E-state index in [0.717, 1.165) is 6.29 Å². The average molecular weight is 381 g/mol. The van der Waals surface area contributed by atoms with Crippen LogP contribution in [0.4, 0.5) is 0 Å². The Bertz CT molecular complexity index is 697. The van der Waals surface area contributed by atoms with Crippen molar-refractivity contribution in [3.63, 3.8) is 0 Å². The Kier molecular flexibility index (Phi) is 7.22. The van der Waals surface area contributed by atoms with E-state index in [1.54, 1.807) is 6.92 Å². The van der Waals surface area contributed by atoms with Gasteiger partial charge in [-0.25, -0.2) is 0 Å². The molecule has 0 bridgehead atoms. The number of rotatable bonds is 7. The highest BCUT2D eigenvalue weighted by Crippen LogP contribution is 2.40. The third kappa shape index (κ3) is 4.55. The summed E-state index contributed by atoms with van der Waals surface area (Å²) in [6, 6.07) is 0. The fraction of sp³-hybridized carbons (Fsp3) is 0.714. The van der Waals surface area contributed by atoms with E-state index in [1.807, 2.05) is 27.7 Å². The van der Waals surface area contributed by atoms with Crippen molar-refractivity contribution in [1.29, 1.82) is 0 Å². The van der Waals surface area contributed by atoms with Crippen molar-refractivity contribution in [3.8, 4) is 0 Å². The molecule has 0 aliphatic rings. The van der Waals surface area contributed by atoms with E-state index in [4.69, 9.17) is 8.84 Å². The zero-order valence-electron chi connectivity index (χ0n) is 18.1. The topological polar surface area (TPSA) is 56.5 Å². The van der Waals surface area contributed by atoms with Crippen LogP contribution in [-0.2, 0) is 15.6 Å². The molecule has 0 radical (unpaired) electrons. The Balaban J connectivity index is 3.44. The molecule has 1 rings (SSSR count). The van der Waals surface area contributed by atoms with Gasteiger partial charge in [0.2, 0.25) is 0 Å². The van der Waals surface area contributed by atoms with E-state index in [1.165, 1.54) is 0 Å². The predicted octanol–water partition coefficient (Wildman–Crippen LogP) is 5.15. The number of aldehydes is 1. The van der Waals surface area contributed by atoms with Crippen LogP contribution in [0.2, 0.25) is 18.1 Å². The number of carbonyl (C=O) groups excluding carboxylic acids is 1. The highest BCUT2D eigenvalue weighted by Gasteiger charge is 2.42. The molecule has 0 spiro atoms. The molecule has 4 nitrogen and oxygen atoms in total. The lowest BCUT2D eigenvalue weighted by atomic mass is 9.90. The molecule has 0 aliphatic heterocycles. The van der Waals surface area contributed by atoms with Gasteiger partial charge in [-0.15, -0.1) is 0 Å². The van der Waals surface area contributed by atoms with Crippen LogP contribution in [0.5, 0.6) is 0 Å². The first-order valence-electron chi connectivity index (χ1n) is 9.54. The average Bonchev–Trinajstić information content (AvgIpc) is 2.55. The second kappa shape index (κ2) is 8.22. The molecule has 0 saturated carbocycles. The van der Waals surface area contributed by atoms with Gasteiger partial charge >= 0.3 is 0 Å². The fourth-order valence-electron chi connectivity index (χ4n) is 2.99. The van der Waals surface area contributed by atoms with Gasteiger partial charge in [0, 0.05) is 29.4 Å². The second-order valence-electron chi connectivity index (χ2n) is 8.95. The molecule has 0 N–H and O–H groups in total.